The van der Waals surface area contributed by atoms with E-state index in [-0.39, 0.29) is 11.3 Å². The fraction of sp³-hybridized carbons (Fsp3) is 0.429. The molecule has 0 amide bonds. The van der Waals surface area contributed by atoms with Gasteiger partial charge in [-0.3, -0.25) is 10.1 Å². The average Bonchev–Trinajstić information content (AvgIpc) is 2.26. The Hall–Kier alpha value is -1.56. The predicted molar refractivity (Wildman–Crippen MR) is 83.9 cm³/mol. The molecule has 6 heteroatoms. The maximum absolute atomic E-state index is 10.9. The summed E-state index contributed by atoms with van der Waals surface area (Å²) in [5.74, 6) is 0.655. The standard InChI is InChI=1S/C14H19BrN2O3/c1-10(20-14(2,3)4)7-8-16-12-9-11(15)5-6-13(12)17(18)19/h5-6,9,16H,1,7-8H2,2-4H3. The van der Waals surface area contributed by atoms with Crippen LogP contribution >= 0.6 is 15.9 Å². The van der Waals surface area contributed by atoms with Crippen LogP contribution < -0.4 is 5.32 Å². The van der Waals surface area contributed by atoms with Crippen molar-refractivity contribution in [2.45, 2.75) is 32.8 Å². The number of hydrogen-bond acceptors (Lipinski definition) is 4. The van der Waals surface area contributed by atoms with Crippen LogP contribution in [0.1, 0.15) is 27.2 Å². The Bertz CT molecular complexity index is 510. The molecule has 1 N–H and O–H groups in total. The van der Waals surface area contributed by atoms with E-state index in [9.17, 15) is 10.1 Å². The summed E-state index contributed by atoms with van der Waals surface area (Å²) in [6.45, 7) is 10.2. The lowest BCUT2D eigenvalue weighted by molar-refractivity contribution is -0.384. The molecule has 0 saturated carbocycles. The van der Waals surface area contributed by atoms with Crippen molar-refractivity contribution in [2.24, 2.45) is 0 Å². The third-order valence-electron chi connectivity index (χ3n) is 2.33. The van der Waals surface area contributed by atoms with Crippen LogP contribution in [0.2, 0.25) is 0 Å². The molecule has 0 fully saturated rings. The van der Waals surface area contributed by atoms with E-state index < -0.39 is 4.92 Å². The topological polar surface area (TPSA) is 64.4 Å². The fourth-order valence-electron chi connectivity index (χ4n) is 1.63. The molecular weight excluding hydrogens is 324 g/mol. The van der Waals surface area contributed by atoms with E-state index in [2.05, 4.69) is 27.8 Å². The van der Waals surface area contributed by atoms with Crippen LogP contribution in [-0.2, 0) is 4.74 Å². The minimum absolute atomic E-state index is 0.0514. The van der Waals surface area contributed by atoms with Crippen molar-refractivity contribution >= 4 is 27.3 Å². The summed E-state index contributed by atoms with van der Waals surface area (Å²) < 4.78 is 6.39. The van der Waals surface area contributed by atoms with E-state index in [1.165, 1.54) is 6.07 Å². The van der Waals surface area contributed by atoms with Crippen molar-refractivity contribution in [1.29, 1.82) is 0 Å². The second-order valence-electron chi connectivity index (χ2n) is 5.35. The summed E-state index contributed by atoms with van der Waals surface area (Å²) in [4.78, 5) is 10.5. The molecule has 0 saturated heterocycles. The quantitative estimate of drug-likeness (QED) is 0.470. The second kappa shape index (κ2) is 6.74. The minimum Gasteiger partial charge on any atom is -0.493 e. The van der Waals surface area contributed by atoms with Gasteiger partial charge in [-0.25, -0.2) is 0 Å². The Balaban J connectivity index is 2.60. The fourth-order valence-corrected chi connectivity index (χ4v) is 1.99. The Kier molecular flexibility index (Phi) is 5.56. The lowest BCUT2D eigenvalue weighted by Gasteiger charge is -2.23. The van der Waals surface area contributed by atoms with E-state index in [1.807, 2.05) is 20.8 Å². The van der Waals surface area contributed by atoms with Crippen molar-refractivity contribution in [1.82, 2.24) is 0 Å². The van der Waals surface area contributed by atoms with Gasteiger partial charge in [0.05, 0.1) is 10.7 Å². The smallest absolute Gasteiger partial charge is 0.292 e. The summed E-state index contributed by atoms with van der Waals surface area (Å²) in [5, 5.41) is 14.0. The van der Waals surface area contributed by atoms with Crippen LogP contribution in [0.4, 0.5) is 11.4 Å². The number of nitrogens with zero attached hydrogens (tertiary/aromatic N) is 1. The molecule has 1 rings (SSSR count). The van der Waals surface area contributed by atoms with Crippen molar-refractivity contribution in [3.8, 4) is 0 Å². The normalized spacial score (nSPS) is 11.0. The first-order valence-electron chi connectivity index (χ1n) is 6.23. The number of nitrogens with one attached hydrogen (secondary N) is 1. The van der Waals surface area contributed by atoms with Gasteiger partial charge in [-0.1, -0.05) is 22.5 Å². The molecule has 0 bridgehead atoms. The first-order chi connectivity index (χ1) is 9.19. The zero-order valence-electron chi connectivity index (χ0n) is 11.9. The van der Waals surface area contributed by atoms with Crippen LogP contribution in [0.15, 0.2) is 35.0 Å². The number of nitro groups is 1. The van der Waals surface area contributed by atoms with E-state index >= 15 is 0 Å². The summed E-state index contributed by atoms with van der Waals surface area (Å²) in [5.41, 5.74) is 0.252. The molecule has 110 valence electrons. The highest BCUT2D eigenvalue weighted by molar-refractivity contribution is 9.10. The Morgan fingerprint density at radius 2 is 2.15 bits per heavy atom. The van der Waals surface area contributed by atoms with Gasteiger partial charge < -0.3 is 10.1 Å². The summed E-state index contributed by atoms with van der Waals surface area (Å²) >= 11 is 3.30. The molecule has 0 aliphatic rings. The highest BCUT2D eigenvalue weighted by Gasteiger charge is 2.15. The maximum atomic E-state index is 10.9. The molecule has 0 aliphatic heterocycles. The first-order valence-corrected chi connectivity index (χ1v) is 7.03. The number of ether oxygens (including phenoxy) is 1. The van der Waals surface area contributed by atoms with Crippen LogP contribution in [0.3, 0.4) is 0 Å². The van der Waals surface area contributed by atoms with Crippen molar-refractivity contribution in [3.05, 3.63) is 45.1 Å². The Morgan fingerprint density at radius 1 is 1.50 bits per heavy atom. The third kappa shape index (κ3) is 5.61. The van der Waals surface area contributed by atoms with E-state index in [0.717, 1.165) is 4.47 Å². The number of hydrogen-bond donors (Lipinski definition) is 1. The Morgan fingerprint density at radius 3 is 2.70 bits per heavy atom. The molecule has 20 heavy (non-hydrogen) atoms. The van der Waals surface area contributed by atoms with Gasteiger partial charge in [0, 0.05) is 23.5 Å². The van der Waals surface area contributed by atoms with E-state index in [4.69, 9.17) is 4.74 Å². The maximum Gasteiger partial charge on any atom is 0.292 e. The Labute approximate surface area is 127 Å². The van der Waals surface area contributed by atoms with Gasteiger partial charge in [-0.2, -0.15) is 0 Å². The molecule has 0 spiro atoms. The highest BCUT2D eigenvalue weighted by atomic mass is 79.9. The molecule has 0 atom stereocenters. The summed E-state index contributed by atoms with van der Waals surface area (Å²) in [6.07, 6.45) is 0.584. The van der Waals surface area contributed by atoms with Crippen molar-refractivity contribution in [3.63, 3.8) is 0 Å². The first kappa shape index (κ1) is 16.5. The summed E-state index contributed by atoms with van der Waals surface area (Å²) in [6, 6.07) is 4.80. The molecular formula is C14H19BrN2O3. The molecule has 0 radical (unpaired) electrons. The number of nitro benzene ring substituents is 1. The van der Waals surface area contributed by atoms with Gasteiger partial charge >= 0.3 is 0 Å². The van der Waals surface area contributed by atoms with Crippen molar-refractivity contribution < 1.29 is 9.66 Å². The third-order valence-corrected chi connectivity index (χ3v) is 2.82. The molecule has 0 aliphatic carbocycles. The largest absolute Gasteiger partial charge is 0.493 e. The van der Waals surface area contributed by atoms with Crippen LogP contribution in [0.25, 0.3) is 0 Å². The van der Waals surface area contributed by atoms with Gasteiger partial charge in [-0.15, -0.1) is 0 Å². The van der Waals surface area contributed by atoms with E-state index in [0.29, 0.717) is 24.4 Å². The summed E-state index contributed by atoms with van der Waals surface area (Å²) in [7, 11) is 0. The van der Waals surface area contributed by atoms with Crippen molar-refractivity contribution in [2.75, 3.05) is 11.9 Å². The molecule has 1 aromatic carbocycles. The molecule has 5 nitrogen and oxygen atoms in total. The number of rotatable bonds is 6. The molecule has 1 aromatic rings. The minimum atomic E-state index is -0.407. The lowest BCUT2D eigenvalue weighted by Crippen LogP contribution is -2.19. The van der Waals surface area contributed by atoms with Crippen LogP contribution in [-0.4, -0.2) is 17.1 Å². The lowest BCUT2D eigenvalue weighted by atomic mass is 10.2. The SMILES string of the molecule is C=C(CCNc1cc(Br)ccc1[N+](=O)[O-])OC(C)(C)C. The number of anilines is 1. The average molecular weight is 343 g/mol. The van der Waals surface area contributed by atoms with Gasteiger partial charge in [0.15, 0.2) is 0 Å². The zero-order chi connectivity index (χ0) is 15.3. The van der Waals surface area contributed by atoms with Gasteiger partial charge in [-0.05, 0) is 32.9 Å². The highest BCUT2D eigenvalue weighted by Crippen LogP contribution is 2.28. The predicted octanol–water partition coefficient (Wildman–Crippen LogP) is 4.49. The van der Waals surface area contributed by atoms with E-state index in [1.54, 1.807) is 12.1 Å². The van der Waals surface area contributed by atoms with Gasteiger partial charge in [0.1, 0.15) is 11.3 Å². The molecule has 0 unspecified atom stereocenters. The van der Waals surface area contributed by atoms with Gasteiger partial charge in [0.25, 0.3) is 5.69 Å². The van der Waals surface area contributed by atoms with Gasteiger partial charge in [0.2, 0.25) is 0 Å². The monoisotopic (exact) mass is 342 g/mol. The number of halogens is 1. The molecule has 0 heterocycles. The zero-order valence-corrected chi connectivity index (χ0v) is 13.5. The number of benzene rings is 1. The molecule has 0 aromatic heterocycles. The van der Waals surface area contributed by atoms with Crippen LogP contribution in [0.5, 0.6) is 0 Å². The van der Waals surface area contributed by atoms with Crippen LogP contribution in [0, 0.1) is 10.1 Å². The second-order valence-corrected chi connectivity index (χ2v) is 6.26.